The summed E-state index contributed by atoms with van der Waals surface area (Å²) in [6.45, 7) is 4.58. The van der Waals surface area contributed by atoms with E-state index >= 15 is 0 Å². The van der Waals surface area contributed by atoms with E-state index in [1.807, 2.05) is 24.0 Å². The molecule has 6 heteroatoms. The number of carbonyl (C=O) groups excluding carboxylic acids is 1. The summed E-state index contributed by atoms with van der Waals surface area (Å²) in [7, 11) is 0. The second-order valence-corrected chi connectivity index (χ2v) is 8.05. The van der Waals surface area contributed by atoms with Crippen LogP contribution in [0.25, 0.3) is 10.9 Å². The molecule has 1 amide bonds. The molecule has 2 aliphatic heterocycles. The number of aryl methyl sites for hydroxylation is 1. The maximum absolute atomic E-state index is 12.9. The molecule has 2 aliphatic rings. The summed E-state index contributed by atoms with van der Waals surface area (Å²) in [4.78, 5) is 30.6. The molecular weight excluding hydrogens is 362 g/mol. The van der Waals surface area contributed by atoms with Crippen LogP contribution in [-0.4, -0.2) is 40.5 Å². The lowest BCUT2D eigenvalue weighted by Crippen LogP contribution is -2.37. The number of pyridine rings is 1. The van der Waals surface area contributed by atoms with Crippen molar-refractivity contribution in [2.45, 2.75) is 32.6 Å². The molecule has 5 rings (SSSR count). The molecule has 0 radical (unpaired) electrons. The lowest BCUT2D eigenvalue weighted by atomic mass is 9.92. The van der Waals surface area contributed by atoms with Crippen LogP contribution in [0.5, 0.6) is 0 Å². The third kappa shape index (κ3) is 3.43. The van der Waals surface area contributed by atoms with Crippen LogP contribution < -0.4 is 9.80 Å². The average Bonchev–Trinajstić information content (AvgIpc) is 3.18. The number of carbonyl (C=O) groups is 1. The molecule has 0 atom stereocenters. The van der Waals surface area contributed by atoms with Crippen LogP contribution in [0.4, 0.5) is 11.5 Å². The lowest BCUT2D eigenvalue weighted by molar-refractivity contribution is -0.119. The van der Waals surface area contributed by atoms with Crippen molar-refractivity contribution in [2.75, 3.05) is 29.4 Å². The van der Waals surface area contributed by atoms with Gasteiger partial charge in [0.05, 0.1) is 11.7 Å². The highest BCUT2D eigenvalue weighted by atomic mass is 16.2. The van der Waals surface area contributed by atoms with E-state index in [0.29, 0.717) is 12.3 Å². The van der Waals surface area contributed by atoms with Crippen molar-refractivity contribution in [1.29, 1.82) is 0 Å². The third-order valence-corrected chi connectivity index (χ3v) is 6.16. The first-order valence-electron chi connectivity index (χ1n) is 10.4. The molecule has 1 fully saturated rings. The van der Waals surface area contributed by atoms with Gasteiger partial charge in [0, 0.05) is 43.3 Å². The fraction of sp³-hybridized carbons (Fsp3) is 0.391. The number of benzene rings is 1. The fourth-order valence-electron chi connectivity index (χ4n) is 4.62. The van der Waals surface area contributed by atoms with E-state index in [0.717, 1.165) is 67.1 Å². The molecule has 29 heavy (non-hydrogen) atoms. The maximum Gasteiger partial charge on any atom is 0.227 e. The van der Waals surface area contributed by atoms with Crippen molar-refractivity contribution in [3.05, 3.63) is 54.1 Å². The van der Waals surface area contributed by atoms with Crippen molar-refractivity contribution in [2.24, 2.45) is 5.92 Å². The van der Waals surface area contributed by atoms with Gasteiger partial charge in [-0.3, -0.25) is 9.78 Å². The monoisotopic (exact) mass is 387 g/mol. The highest BCUT2D eigenvalue weighted by molar-refractivity contribution is 5.95. The van der Waals surface area contributed by atoms with Gasteiger partial charge < -0.3 is 9.80 Å². The molecule has 0 saturated carbocycles. The van der Waals surface area contributed by atoms with Crippen LogP contribution in [0.1, 0.15) is 30.7 Å². The van der Waals surface area contributed by atoms with Gasteiger partial charge in [-0.2, -0.15) is 0 Å². The molecular formula is C23H25N5O. The predicted molar refractivity (Wildman–Crippen MR) is 114 cm³/mol. The Hall–Kier alpha value is -3.02. The zero-order chi connectivity index (χ0) is 19.8. The van der Waals surface area contributed by atoms with Gasteiger partial charge in [-0.05, 0) is 49.8 Å². The Balaban J connectivity index is 1.25. The number of nitrogens with zero attached hydrogens (tertiary/aromatic N) is 5. The van der Waals surface area contributed by atoms with Crippen molar-refractivity contribution in [1.82, 2.24) is 15.0 Å². The van der Waals surface area contributed by atoms with Gasteiger partial charge in [0.1, 0.15) is 11.6 Å². The van der Waals surface area contributed by atoms with Crippen LogP contribution in [-0.2, 0) is 11.2 Å². The van der Waals surface area contributed by atoms with Crippen molar-refractivity contribution in [3.8, 4) is 0 Å². The number of hydrogen-bond acceptors (Lipinski definition) is 5. The van der Waals surface area contributed by atoms with Gasteiger partial charge in [-0.25, -0.2) is 9.97 Å². The Morgan fingerprint density at radius 3 is 2.79 bits per heavy atom. The number of piperidine rings is 1. The molecule has 1 aromatic carbocycles. The van der Waals surface area contributed by atoms with Crippen LogP contribution in [0, 0.1) is 12.8 Å². The number of fused-ring (bicyclic) bond motifs is 2. The average molecular weight is 387 g/mol. The first kappa shape index (κ1) is 18.0. The quantitative estimate of drug-likeness (QED) is 0.688. The van der Waals surface area contributed by atoms with E-state index in [4.69, 9.17) is 4.98 Å². The number of aromatic nitrogens is 3. The van der Waals surface area contributed by atoms with E-state index in [1.54, 1.807) is 12.4 Å². The Morgan fingerprint density at radius 2 is 1.93 bits per heavy atom. The second kappa shape index (κ2) is 7.43. The molecule has 0 spiro atoms. The molecule has 2 aromatic heterocycles. The summed E-state index contributed by atoms with van der Waals surface area (Å²) in [5.41, 5.74) is 3.28. The zero-order valence-electron chi connectivity index (χ0n) is 16.7. The van der Waals surface area contributed by atoms with Crippen LogP contribution in [0.3, 0.4) is 0 Å². The minimum absolute atomic E-state index is 0.266. The maximum atomic E-state index is 12.9. The van der Waals surface area contributed by atoms with E-state index in [-0.39, 0.29) is 5.91 Å². The Morgan fingerprint density at radius 1 is 1.10 bits per heavy atom. The summed E-state index contributed by atoms with van der Waals surface area (Å²) in [5, 5.41) is 1.05. The summed E-state index contributed by atoms with van der Waals surface area (Å²) in [6.07, 6.45) is 7.22. The largest absolute Gasteiger partial charge is 0.356 e. The van der Waals surface area contributed by atoms with E-state index in [2.05, 4.69) is 33.1 Å². The zero-order valence-corrected chi connectivity index (χ0v) is 16.7. The molecule has 0 unspecified atom stereocenters. The molecule has 0 aliphatic carbocycles. The van der Waals surface area contributed by atoms with Crippen LogP contribution in [0.15, 0.2) is 42.7 Å². The van der Waals surface area contributed by atoms with Gasteiger partial charge in [0.15, 0.2) is 0 Å². The van der Waals surface area contributed by atoms with E-state index in [9.17, 15) is 4.79 Å². The molecule has 0 N–H and O–H groups in total. The van der Waals surface area contributed by atoms with Gasteiger partial charge in [0.2, 0.25) is 5.91 Å². The Kier molecular flexibility index (Phi) is 4.62. The SMILES string of the molecule is Cc1nc(N2CCC(CC(=O)N3CCc4ccccc43)CC2)c2ccncc2n1. The number of amides is 1. The first-order chi connectivity index (χ1) is 14.2. The summed E-state index contributed by atoms with van der Waals surface area (Å²) in [5.74, 6) is 2.46. The molecule has 148 valence electrons. The normalized spacial score (nSPS) is 17.0. The highest BCUT2D eigenvalue weighted by Crippen LogP contribution is 2.32. The minimum atomic E-state index is 0.266. The molecule has 6 nitrogen and oxygen atoms in total. The number of hydrogen-bond donors (Lipinski definition) is 0. The van der Waals surface area contributed by atoms with Gasteiger partial charge in [0.25, 0.3) is 0 Å². The predicted octanol–water partition coefficient (Wildman–Crippen LogP) is 3.53. The Labute approximate surface area is 170 Å². The number of anilines is 2. The van der Waals surface area contributed by atoms with Gasteiger partial charge in [-0.15, -0.1) is 0 Å². The summed E-state index contributed by atoms with van der Waals surface area (Å²) < 4.78 is 0. The highest BCUT2D eigenvalue weighted by Gasteiger charge is 2.28. The van der Waals surface area contributed by atoms with Gasteiger partial charge >= 0.3 is 0 Å². The third-order valence-electron chi connectivity index (χ3n) is 6.16. The van der Waals surface area contributed by atoms with Crippen molar-refractivity contribution in [3.63, 3.8) is 0 Å². The van der Waals surface area contributed by atoms with Crippen LogP contribution in [0.2, 0.25) is 0 Å². The fourth-order valence-corrected chi connectivity index (χ4v) is 4.62. The number of para-hydroxylation sites is 1. The second-order valence-electron chi connectivity index (χ2n) is 8.05. The van der Waals surface area contributed by atoms with Crippen molar-refractivity contribution < 1.29 is 4.79 Å². The van der Waals surface area contributed by atoms with Crippen molar-refractivity contribution >= 4 is 28.3 Å². The minimum Gasteiger partial charge on any atom is -0.356 e. The molecule has 0 bridgehead atoms. The van der Waals surface area contributed by atoms with Crippen LogP contribution >= 0.6 is 0 Å². The topological polar surface area (TPSA) is 62.2 Å². The smallest absolute Gasteiger partial charge is 0.227 e. The first-order valence-corrected chi connectivity index (χ1v) is 10.4. The molecule has 3 aromatic rings. The molecule has 1 saturated heterocycles. The number of rotatable bonds is 3. The van der Waals surface area contributed by atoms with E-state index < -0.39 is 0 Å². The molecule has 4 heterocycles. The lowest BCUT2D eigenvalue weighted by Gasteiger charge is -2.33. The van der Waals surface area contributed by atoms with E-state index in [1.165, 1.54) is 5.56 Å². The summed E-state index contributed by atoms with van der Waals surface area (Å²) >= 11 is 0. The summed E-state index contributed by atoms with van der Waals surface area (Å²) in [6, 6.07) is 10.3. The van der Waals surface area contributed by atoms with Gasteiger partial charge in [-0.1, -0.05) is 18.2 Å². The standard InChI is InChI=1S/C23H25N5O/c1-16-25-20-15-24-10-6-19(20)23(26-16)27-11-7-17(8-12-27)14-22(29)28-13-9-18-4-2-3-5-21(18)28/h2-6,10,15,17H,7-9,11-14H2,1H3. The Bertz CT molecular complexity index is 1060.